The van der Waals surface area contributed by atoms with Crippen LogP contribution in [-0.4, -0.2) is 11.3 Å². The van der Waals surface area contributed by atoms with E-state index in [2.05, 4.69) is 32.0 Å². The Kier molecular flexibility index (Phi) is 63.4. The fourth-order valence-corrected chi connectivity index (χ4v) is 0. The van der Waals surface area contributed by atoms with Crippen molar-refractivity contribution in [3.63, 3.8) is 0 Å². The van der Waals surface area contributed by atoms with Crippen LogP contribution in [0.5, 0.6) is 0 Å². The van der Waals surface area contributed by atoms with Crippen LogP contribution in [-0.2, 0) is 0 Å². The van der Waals surface area contributed by atoms with Gasteiger partial charge in [0.15, 0.2) is 0 Å². The lowest BCUT2D eigenvalue weighted by Gasteiger charge is -1.82. The van der Waals surface area contributed by atoms with Crippen LogP contribution in [0.25, 0.3) is 0 Å². The quantitative estimate of drug-likeness (QED) is 0.365. The Morgan fingerprint density at radius 3 is 1.25 bits per heavy atom. The van der Waals surface area contributed by atoms with Crippen LogP contribution >= 0.6 is 0 Å². The third-order valence-electron chi connectivity index (χ3n) is 0. The molecule has 0 aromatic heterocycles. The Hall–Kier alpha value is -0.600. The summed E-state index contributed by atoms with van der Waals surface area (Å²) in [7, 11) is 0. The van der Waals surface area contributed by atoms with Gasteiger partial charge in [-0.3, -0.25) is 0 Å². The van der Waals surface area contributed by atoms with Gasteiger partial charge in [-0.25, -0.2) is 0 Å². The van der Waals surface area contributed by atoms with E-state index in [1.54, 1.807) is 0 Å². The Morgan fingerprint density at radius 1 is 1.25 bits per heavy atom. The van der Waals surface area contributed by atoms with Gasteiger partial charge in [0.05, 0.1) is 6.23 Å². The van der Waals surface area contributed by atoms with Gasteiger partial charge in [0, 0.05) is 0 Å². The molecule has 3 N–H and O–H groups in total. The van der Waals surface area contributed by atoms with Crippen molar-refractivity contribution in [1.82, 2.24) is 0 Å². The second-order valence-electron chi connectivity index (χ2n) is 0.741. The number of hydrogen-bond acceptors (Lipinski definition) is 2. The molecule has 1 atom stereocenters. The van der Waals surface area contributed by atoms with E-state index in [0.717, 1.165) is 0 Å². The van der Waals surface area contributed by atoms with Crippen LogP contribution in [0.2, 0.25) is 0 Å². The lowest BCUT2D eigenvalue weighted by molar-refractivity contribution is 0.203. The highest BCUT2D eigenvalue weighted by Gasteiger charge is 1.68. The molecule has 0 rings (SSSR count). The van der Waals surface area contributed by atoms with E-state index < -0.39 is 6.23 Å². The summed E-state index contributed by atoms with van der Waals surface area (Å²) in [5.41, 5.74) is 4.67. The van der Waals surface area contributed by atoms with Crippen molar-refractivity contribution in [2.24, 2.45) is 5.73 Å². The molecule has 0 aromatic rings. The number of aliphatic hydroxyl groups excluding tert-OH is 1. The SMILES string of the molecule is C=C.C=C.CC(N)O. The molecule has 0 radical (unpaired) electrons. The van der Waals surface area contributed by atoms with Crippen LogP contribution in [0, 0.1) is 0 Å². The molecule has 0 aliphatic heterocycles. The summed E-state index contributed by atoms with van der Waals surface area (Å²) in [6.07, 6.45) is -0.667. The molecule has 8 heavy (non-hydrogen) atoms. The van der Waals surface area contributed by atoms with Gasteiger partial charge in [-0.05, 0) is 6.92 Å². The summed E-state index contributed by atoms with van der Waals surface area (Å²) < 4.78 is 0. The number of aliphatic hydroxyl groups is 1. The van der Waals surface area contributed by atoms with Crippen LogP contribution in [0.4, 0.5) is 0 Å². The van der Waals surface area contributed by atoms with Crippen LogP contribution in [0.15, 0.2) is 26.3 Å². The lowest BCUT2D eigenvalue weighted by atomic mass is 10.7. The molecule has 2 nitrogen and oxygen atoms in total. The Balaban J connectivity index is -0.0000000542. The number of nitrogens with two attached hydrogens (primary N) is 1. The molecule has 0 aliphatic rings. The summed E-state index contributed by atoms with van der Waals surface area (Å²) in [6.45, 7) is 13.5. The fraction of sp³-hybridized carbons (Fsp3) is 0.333. The first-order valence-electron chi connectivity index (χ1n) is 2.17. The van der Waals surface area contributed by atoms with Gasteiger partial charge in [0.1, 0.15) is 0 Å². The monoisotopic (exact) mass is 117 g/mol. The van der Waals surface area contributed by atoms with Crippen LogP contribution in [0.1, 0.15) is 6.92 Å². The van der Waals surface area contributed by atoms with Gasteiger partial charge in [0.2, 0.25) is 0 Å². The molecular weight excluding hydrogens is 102 g/mol. The van der Waals surface area contributed by atoms with Gasteiger partial charge < -0.3 is 10.8 Å². The third kappa shape index (κ3) is 290. The van der Waals surface area contributed by atoms with Gasteiger partial charge in [-0.15, -0.1) is 26.3 Å². The van der Waals surface area contributed by atoms with E-state index in [-0.39, 0.29) is 0 Å². The second-order valence-corrected chi connectivity index (χ2v) is 0.741. The van der Waals surface area contributed by atoms with Crippen molar-refractivity contribution in [3.8, 4) is 0 Å². The largest absolute Gasteiger partial charge is 0.379 e. The Bertz CT molecular complexity index is 25.0. The predicted octanol–water partition coefficient (Wildman–Crippen LogP) is 0.888. The van der Waals surface area contributed by atoms with Crippen molar-refractivity contribution in [3.05, 3.63) is 26.3 Å². The third-order valence-corrected chi connectivity index (χ3v) is 0. The minimum Gasteiger partial charge on any atom is -0.379 e. The van der Waals surface area contributed by atoms with Gasteiger partial charge in [0.25, 0.3) is 0 Å². The van der Waals surface area contributed by atoms with Crippen molar-refractivity contribution in [2.45, 2.75) is 13.2 Å². The van der Waals surface area contributed by atoms with E-state index in [0.29, 0.717) is 0 Å². The maximum Gasteiger partial charge on any atom is 0.0991 e. The number of rotatable bonds is 0. The summed E-state index contributed by atoms with van der Waals surface area (Å²) >= 11 is 0. The highest BCUT2D eigenvalue weighted by Crippen LogP contribution is 1.50. The van der Waals surface area contributed by atoms with Crippen molar-refractivity contribution in [2.75, 3.05) is 0 Å². The summed E-state index contributed by atoms with van der Waals surface area (Å²) in [4.78, 5) is 0. The smallest absolute Gasteiger partial charge is 0.0991 e. The van der Waals surface area contributed by atoms with Crippen molar-refractivity contribution >= 4 is 0 Å². The molecule has 50 valence electrons. The summed E-state index contributed by atoms with van der Waals surface area (Å²) in [5, 5.41) is 7.83. The highest BCUT2D eigenvalue weighted by atomic mass is 16.3. The van der Waals surface area contributed by atoms with E-state index in [1.165, 1.54) is 6.92 Å². The van der Waals surface area contributed by atoms with Crippen molar-refractivity contribution < 1.29 is 5.11 Å². The molecule has 0 spiro atoms. The maximum absolute atomic E-state index is 7.83. The maximum atomic E-state index is 7.83. The average Bonchev–Trinajstić information content (AvgIpc) is 1.75. The molecule has 0 bridgehead atoms. The molecule has 1 unspecified atom stereocenters. The fourth-order valence-electron chi connectivity index (χ4n) is 0. The van der Waals surface area contributed by atoms with E-state index in [4.69, 9.17) is 5.11 Å². The zero-order chi connectivity index (χ0) is 7.58. The minimum absolute atomic E-state index is 0.667. The average molecular weight is 117 g/mol. The Labute approximate surface area is 51.3 Å². The minimum atomic E-state index is -0.667. The normalized spacial score (nSPS) is 8.88. The molecule has 0 heterocycles. The molecule has 0 aromatic carbocycles. The second kappa shape index (κ2) is 32.4. The number of hydrogen-bond donors (Lipinski definition) is 2. The molecule has 2 heteroatoms. The van der Waals surface area contributed by atoms with E-state index in [1.807, 2.05) is 0 Å². The van der Waals surface area contributed by atoms with E-state index >= 15 is 0 Å². The van der Waals surface area contributed by atoms with Crippen LogP contribution in [0.3, 0.4) is 0 Å². The molecule has 0 amide bonds. The van der Waals surface area contributed by atoms with Gasteiger partial charge in [-0.2, -0.15) is 0 Å². The molecule has 0 saturated carbocycles. The first-order chi connectivity index (χ1) is 3.73. The zero-order valence-corrected chi connectivity index (χ0v) is 5.43. The first-order valence-corrected chi connectivity index (χ1v) is 2.17. The summed E-state index contributed by atoms with van der Waals surface area (Å²) in [5.74, 6) is 0. The van der Waals surface area contributed by atoms with Gasteiger partial charge >= 0.3 is 0 Å². The standard InChI is InChI=1S/C2H7NO.2C2H4/c1-2(3)4;2*1-2/h2,4H,3H2,1H3;2*1-2H2. The first kappa shape index (κ1) is 15.7. The van der Waals surface area contributed by atoms with Crippen molar-refractivity contribution in [1.29, 1.82) is 0 Å². The van der Waals surface area contributed by atoms with E-state index in [9.17, 15) is 0 Å². The lowest BCUT2D eigenvalue weighted by Crippen LogP contribution is -2.11. The zero-order valence-electron chi connectivity index (χ0n) is 5.43. The predicted molar refractivity (Wildman–Crippen MR) is 38.4 cm³/mol. The highest BCUT2D eigenvalue weighted by molar-refractivity contribution is 4.22. The topological polar surface area (TPSA) is 46.2 Å². The Morgan fingerprint density at radius 2 is 1.25 bits per heavy atom. The summed E-state index contributed by atoms with van der Waals surface area (Å²) in [6, 6.07) is 0. The van der Waals surface area contributed by atoms with Gasteiger partial charge in [-0.1, -0.05) is 0 Å². The molecule has 0 aliphatic carbocycles. The van der Waals surface area contributed by atoms with Crippen LogP contribution < -0.4 is 5.73 Å². The molecule has 0 fully saturated rings. The molecular formula is C6H15NO. The molecule has 0 saturated heterocycles.